The van der Waals surface area contributed by atoms with Gasteiger partial charge in [-0.15, -0.1) is 0 Å². The Bertz CT molecular complexity index is 1370. The molecule has 1 aliphatic rings. The second-order valence-corrected chi connectivity index (χ2v) is 13.8. The predicted octanol–water partition coefficient (Wildman–Crippen LogP) is 4.88. The van der Waals surface area contributed by atoms with Gasteiger partial charge in [-0.3, -0.25) is 14.5 Å². The maximum atomic E-state index is 13.7. The number of ether oxygens (including phenoxy) is 1. The van der Waals surface area contributed by atoms with E-state index in [1.807, 2.05) is 66.7 Å². The molecule has 4 rings (SSSR count). The van der Waals surface area contributed by atoms with E-state index in [9.17, 15) is 18.0 Å². The van der Waals surface area contributed by atoms with Crippen molar-refractivity contribution in [2.45, 2.75) is 63.0 Å². The summed E-state index contributed by atoms with van der Waals surface area (Å²) in [5.41, 5.74) is 2.82. The Balaban J connectivity index is 1.36. The van der Waals surface area contributed by atoms with Crippen LogP contribution in [0.1, 0.15) is 55.7 Å². The Kier molecular flexibility index (Phi) is 10.3. The highest BCUT2D eigenvalue weighted by Gasteiger charge is 2.44. The van der Waals surface area contributed by atoms with E-state index in [1.54, 1.807) is 12.1 Å². The second-order valence-electron chi connectivity index (χ2n) is 11.3. The molecule has 1 saturated heterocycles. The van der Waals surface area contributed by atoms with Gasteiger partial charge < -0.3 is 10.1 Å². The van der Waals surface area contributed by atoms with Crippen LogP contribution in [0.25, 0.3) is 0 Å². The Labute approximate surface area is 243 Å². The highest BCUT2D eigenvalue weighted by Crippen LogP contribution is 2.29. The number of nitrogens with zero attached hydrogens (tertiary/aromatic N) is 1. The van der Waals surface area contributed by atoms with Crippen molar-refractivity contribution in [3.05, 3.63) is 108 Å². The van der Waals surface area contributed by atoms with E-state index in [0.717, 1.165) is 43.6 Å². The molecule has 0 bridgehead atoms. The van der Waals surface area contributed by atoms with Gasteiger partial charge in [-0.1, -0.05) is 91.0 Å². The molecule has 0 aliphatic carbocycles. The van der Waals surface area contributed by atoms with Gasteiger partial charge >= 0.3 is 5.97 Å². The molecule has 1 aliphatic heterocycles. The summed E-state index contributed by atoms with van der Waals surface area (Å²) in [5, 5.41) is 3.01. The third-order valence-corrected chi connectivity index (χ3v) is 10.4. The molecule has 1 N–H and O–H groups in total. The molecular weight excluding hydrogens is 536 g/mol. The number of rotatable bonds is 12. The SMILES string of the molecule is CC(C)(C(=O)NC1CCN(Cc2ccccc2)CC1)S(=O)(=O)CC(CC(=O)OCc1ccccc1)c1ccccc1. The van der Waals surface area contributed by atoms with Crippen molar-refractivity contribution in [1.82, 2.24) is 10.2 Å². The number of sulfone groups is 1. The molecule has 1 fully saturated rings. The summed E-state index contributed by atoms with van der Waals surface area (Å²) < 4.78 is 31.2. The van der Waals surface area contributed by atoms with Crippen molar-refractivity contribution in [1.29, 1.82) is 0 Å². The Morgan fingerprint density at radius 3 is 2.00 bits per heavy atom. The molecule has 8 heteroatoms. The molecular formula is C33H40N2O5S. The minimum Gasteiger partial charge on any atom is -0.461 e. The number of carbonyl (C=O) groups excluding carboxylic acids is 2. The first-order chi connectivity index (χ1) is 19.6. The van der Waals surface area contributed by atoms with E-state index >= 15 is 0 Å². The highest BCUT2D eigenvalue weighted by atomic mass is 32.2. The predicted molar refractivity (Wildman–Crippen MR) is 161 cm³/mol. The minimum atomic E-state index is -3.95. The first-order valence-electron chi connectivity index (χ1n) is 14.2. The summed E-state index contributed by atoms with van der Waals surface area (Å²) in [4.78, 5) is 28.5. The Morgan fingerprint density at radius 1 is 0.878 bits per heavy atom. The zero-order valence-corrected chi connectivity index (χ0v) is 24.7. The number of amides is 1. The topological polar surface area (TPSA) is 92.8 Å². The van der Waals surface area contributed by atoms with Crippen LogP contribution < -0.4 is 5.32 Å². The van der Waals surface area contributed by atoms with Crippen molar-refractivity contribution in [2.24, 2.45) is 0 Å². The standard InChI is InChI=1S/C33H40N2O5S/c1-33(2,32(37)34-30-18-20-35(21-19-30)23-26-12-6-3-7-13-26)41(38,39)25-29(28-16-10-5-11-17-28)22-31(36)40-24-27-14-8-4-9-15-27/h3-17,29-30H,18-25H2,1-2H3,(H,34,37). The van der Waals surface area contributed by atoms with Crippen LogP contribution in [-0.2, 0) is 37.3 Å². The fourth-order valence-corrected chi connectivity index (χ4v) is 6.65. The van der Waals surface area contributed by atoms with Crippen molar-refractivity contribution in [2.75, 3.05) is 18.8 Å². The smallest absolute Gasteiger partial charge is 0.306 e. The van der Waals surface area contributed by atoms with E-state index in [2.05, 4.69) is 22.3 Å². The van der Waals surface area contributed by atoms with Gasteiger partial charge in [0.1, 0.15) is 11.4 Å². The van der Waals surface area contributed by atoms with Crippen LogP contribution in [0.4, 0.5) is 0 Å². The van der Waals surface area contributed by atoms with Gasteiger partial charge in [0.25, 0.3) is 0 Å². The lowest BCUT2D eigenvalue weighted by Gasteiger charge is -2.34. The van der Waals surface area contributed by atoms with Crippen LogP contribution in [0.15, 0.2) is 91.0 Å². The van der Waals surface area contributed by atoms with E-state index in [-0.39, 0.29) is 24.8 Å². The van der Waals surface area contributed by atoms with E-state index in [4.69, 9.17) is 4.74 Å². The maximum Gasteiger partial charge on any atom is 0.306 e. The van der Waals surface area contributed by atoms with Crippen LogP contribution in [-0.4, -0.2) is 54.8 Å². The second kappa shape index (κ2) is 13.9. The average molecular weight is 577 g/mol. The number of hydrogen-bond donors (Lipinski definition) is 1. The number of carbonyl (C=O) groups is 2. The molecule has 0 radical (unpaired) electrons. The number of benzene rings is 3. The number of piperidine rings is 1. The molecule has 41 heavy (non-hydrogen) atoms. The molecule has 1 amide bonds. The third kappa shape index (κ3) is 8.50. The van der Waals surface area contributed by atoms with Gasteiger partial charge in [0.05, 0.1) is 12.2 Å². The Hall–Kier alpha value is -3.49. The lowest BCUT2D eigenvalue weighted by molar-refractivity contribution is -0.145. The zero-order chi connectivity index (χ0) is 29.3. The molecule has 3 aromatic carbocycles. The zero-order valence-electron chi connectivity index (χ0n) is 23.9. The maximum absolute atomic E-state index is 13.7. The fourth-order valence-electron chi connectivity index (χ4n) is 5.05. The molecule has 3 aromatic rings. The number of likely N-dealkylation sites (tertiary alicyclic amines) is 1. The average Bonchev–Trinajstić information content (AvgIpc) is 2.98. The first kappa shape index (κ1) is 30.5. The van der Waals surface area contributed by atoms with Gasteiger partial charge in [-0.05, 0) is 43.4 Å². The molecule has 218 valence electrons. The molecule has 1 unspecified atom stereocenters. The molecule has 0 saturated carbocycles. The van der Waals surface area contributed by atoms with Crippen molar-refractivity contribution in [3.8, 4) is 0 Å². The molecule has 7 nitrogen and oxygen atoms in total. The molecule has 0 aromatic heterocycles. The fraction of sp³-hybridized carbons (Fsp3) is 0.394. The lowest BCUT2D eigenvalue weighted by Crippen LogP contribution is -2.54. The van der Waals surface area contributed by atoms with E-state index in [0.29, 0.717) is 0 Å². The lowest BCUT2D eigenvalue weighted by atomic mass is 9.98. The quantitative estimate of drug-likeness (QED) is 0.309. The van der Waals surface area contributed by atoms with E-state index < -0.39 is 32.4 Å². The van der Waals surface area contributed by atoms with Crippen LogP contribution in [0, 0.1) is 0 Å². The van der Waals surface area contributed by atoms with Gasteiger partial charge in [0.2, 0.25) is 5.91 Å². The summed E-state index contributed by atoms with van der Waals surface area (Å²) in [5.74, 6) is -1.97. The highest BCUT2D eigenvalue weighted by molar-refractivity contribution is 7.93. The number of nitrogens with one attached hydrogen (secondary N) is 1. The largest absolute Gasteiger partial charge is 0.461 e. The molecule has 0 spiro atoms. The van der Waals surface area contributed by atoms with Crippen LogP contribution in [0.2, 0.25) is 0 Å². The summed E-state index contributed by atoms with van der Waals surface area (Å²) in [6.07, 6.45) is 1.41. The van der Waals surface area contributed by atoms with E-state index in [1.165, 1.54) is 19.4 Å². The summed E-state index contributed by atoms with van der Waals surface area (Å²) in [6.45, 7) is 5.54. The van der Waals surface area contributed by atoms with Gasteiger partial charge in [-0.2, -0.15) is 0 Å². The van der Waals surface area contributed by atoms with Crippen LogP contribution in [0.3, 0.4) is 0 Å². The van der Waals surface area contributed by atoms with Gasteiger partial charge in [0.15, 0.2) is 9.84 Å². The van der Waals surface area contributed by atoms with Crippen LogP contribution in [0.5, 0.6) is 0 Å². The Morgan fingerprint density at radius 2 is 1.41 bits per heavy atom. The first-order valence-corrected chi connectivity index (χ1v) is 15.8. The van der Waals surface area contributed by atoms with Crippen molar-refractivity contribution >= 4 is 21.7 Å². The van der Waals surface area contributed by atoms with Crippen molar-refractivity contribution < 1.29 is 22.7 Å². The molecule has 1 atom stereocenters. The summed E-state index contributed by atoms with van der Waals surface area (Å²) in [7, 11) is -3.95. The number of esters is 1. The van der Waals surface area contributed by atoms with Crippen molar-refractivity contribution in [3.63, 3.8) is 0 Å². The third-order valence-electron chi connectivity index (χ3n) is 7.84. The van der Waals surface area contributed by atoms with Gasteiger partial charge in [0, 0.05) is 31.6 Å². The minimum absolute atomic E-state index is 0.0816. The van der Waals surface area contributed by atoms with Crippen LogP contribution >= 0.6 is 0 Å². The molecule has 1 heterocycles. The monoisotopic (exact) mass is 576 g/mol. The normalized spacial score (nSPS) is 15.7. The van der Waals surface area contributed by atoms with Gasteiger partial charge in [-0.25, -0.2) is 8.42 Å². The summed E-state index contributed by atoms with van der Waals surface area (Å²) >= 11 is 0. The number of hydrogen-bond acceptors (Lipinski definition) is 6. The summed E-state index contributed by atoms with van der Waals surface area (Å²) in [6, 6.07) is 28.6.